The van der Waals surface area contributed by atoms with Gasteiger partial charge in [0.15, 0.2) is 4.90 Å². The Morgan fingerprint density at radius 2 is 2.00 bits per heavy atom. The van der Waals surface area contributed by atoms with Gasteiger partial charge in [-0.3, -0.25) is 14.9 Å². The van der Waals surface area contributed by atoms with Crippen molar-refractivity contribution in [1.29, 1.82) is 0 Å². The smallest absolute Gasteiger partial charge is 0.289 e. The largest absolute Gasteiger partial charge is 0.354 e. The van der Waals surface area contributed by atoms with Crippen molar-refractivity contribution in [2.45, 2.75) is 4.90 Å². The highest BCUT2D eigenvalue weighted by Crippen LogP contribution is 2.26. The Hall–Kier alpha value is -2.00. The van der Waals surface area contributed by atoms with Crippen LogP contribution in [-0.4, -0.2) is 43.2 Å². The fraction of sp³-hybridized carbons (Fsp3) is 0.300. The molecular formula is C10H11N3O5S. The van der Waals surface area contributed by atoms with Gasteiger partial charge < -0.3 is 5.32 Å². The third-order valence-electron chi connectivity index (χ3n) is 2.68. The Bertz CT molecular complexity index is 628. The van der Waals surface area contributed by atoms with Crippen LogP contribution < -0.4 is 5.32 Å². The number of carbonyl (C=O) groups excluding carboxylic acids is 1. The van der Waals surface area contributed by atoms with Crippen LogP contribution in [0.2, 0.25) is 0 Å². The number of hydrogen-bond donors (Lipinski definition) is 1. The topological polar surface area (TPSA) is 110 Å². The van der Waals surface area contributed by atoms with Crippen molar-refractivity contribution in [2.75, 3.05) is 19.6 Å². The molecule has 0 bridgehead atoms. The van der Waals surface area contributed by atoms with Crippen molar-refractivity contribution in [3.05, 3.63) is 34.4 Å². The van der Waals surface area contributed by atoms with Gasteiger partial charge in [-0.05, 0) is 6.07 Å². The molecule has 0 aliphatic carbocycles. The maximum Gasteiger partial charge on any atom is 0.289 e. The molecule has 9 heteroatoms. The number of amides is 1. The highest BCUT2D eigenvalue weighted by atomic mass is 32.2. The van der Waals surface area contributed by atoms with Gasteiger partial charge in [-0.25, -0.2) is 8.42 Å². The SMILES string of the molecule is O=C1CN(S(=O)(=O)c2ccccc2[N+](=O)[O-])CCN1. The number of benzene rings is 1. The predicted molar refractivity (Wildman–Crippen MR) is 64.9 cm³/mol. The second-order valence-corrected chi connectivity index (χ2v) is 5.82. The van der Waals surface area contributed by atoms with E-state index < -0.39 is 31.4 Å². The summed E-state index contributed by atoms with van der Waals surface area (Å²) in [5.41, 5.74) is -0.492. The first kappa shape index (κ1) is 13.4. The lowest BCUT2D eigenvalue weighted by Crippen LogP contribution is -2.49. The fourth-order valence-electron chi connectivity index (χ4n) is 1.79. The Labute approximate surface area is 109 Å². The summed E-state index contributed by atoms with van der Waals surface area (Å²) < 4.78 is 25.5. The van der Waals surface area contributed by atoms with Crippen LogP contribution in [0.3, 0.4) is 0 Å². The van der Waals surface area contributed by atoms with Gasteiger partial charge in [0.05, 0.1) is 11.5 Å². The van der Waals surface area contributed by atoms with E-state index >= 15 is 0 Å². The number of sulfonamides is 1. The van der Waals surface area contributed by atoms with Crippen LogP contribution in [0.15, 0.2) is 29.2 Å². The highest BCUT2D eigenvalue weighted by Gasteiger charge is 2.33. The molecular weight excluding hydrogens is 274 g/mol. The number of carbonyl (C=O) groups is 1. The van der Waals surface area contributed by atoms with Crippen LogP contribution >= 0.6 is 0 Å². The first-order valence-electron chi connectivity index (χ1n) is 5.43. The summed E-state index contributed by atoms with van der Waals surface area (Å²) in [5, 5.41) is 13.4. The first-order chi connectivity index (χ1) is 8.93. The van der Waals surface area contributed by atoms with Crippen molar-refractivity contribution in [2.24, 2.45) is 0 Å². The number of nitro groups is 1. The molecule has 1 fully saturated rings. The van der Waals surface area contributed by atoms with Crippen molar-refractivity contribution < 1.29 is 18.1 Å². The molecule has 0 saturated carbocycles. The predicted octanol–water partition coefficient (Wildman–Crippen LogP) is -0.285. The number of rotatable bonds is 3. The number of nitrogens with one attached hydrogen (secondary N) is 1. The molecule has 1 heterocycles. The van der Waals surface area contributed by atoms with Crippen molar-refractivity contribution in [1.82, 2.24) is 9.62 Å². The van der Waals surface area contributed by atoms with Gasteiger partial charge in [0, 0.05) is 19.2 Å². The van der Waals surface area contributed by atoms with E-state index in [1.165, 1.54) is 18.2 Å². The molecule has 1 aliphatic heterocycles. The Morgan fingerprint density at radius 3 is 2.63 bits per heavy atom. The van der Waals surface area contributed by atoms with E-state index in [1.807, 2.05) is 0 Å². The van der Waals surface area contributed by atoms with E-state index in [9.17, 15) is 23.3 Å². The number of para-hydroxylation sites is 1. The van der Waals surface area contributed by atoms with Gasteiger partial charge >= 0.3 is 0 Å². The highest BCUT2D eigenvalue weighted by molar-refractivity contribution is 7.89. The van der Waals surface area contributed by atoms with Gasteiger partial charge in [-0.2, -0.15) is 4.31 Å². The van der Waals surface area contributed by atoms with Crippen molar-refractivity contribution in [3.8, 4) is 0 Å². The van der Waals surface area contributed by atoms with Gasteiger partial charge in [0.25, 0.3) is 5.69 Å². The van der Waals surface area contributed by atoms with E-state index in [0.717, 1.165) is 10.4 Å². The molecule has 1 saturated heterocycles. The standard InChI is InChI=1S/C10H11N3O5S/c14-10-7-12(6-5-11-10)19(17,18)9-4-2-1-3-8(9)13(15)16/h1-4H,5-7H2,(H,11,14). The zero-order valence-corrected chi connectivity index (χ0v) is 10.6. The maximum atomic E-state index is 12.3. The van der Waals surface area contributed by atoms with E-state index in [1.54, 1.807) is 0 Å². The average Bonchev–Trinajstić information content (AvgIpc) is 2.38. The average molecular weight is 285 g/mol. The third-order valence-corrected chi connectivity index (χ3v) is 4.58. The van der Waals surface area contributed by atoms with E-state index in [2.05, 4.69) is 5.32 Å². The molecule has 2 rings (SSSR count). The molecule has 1 amide bonds. The van der Waals surface area contributed by atoms with Gasteiger partial charge in [-0.15, -0.1) is 0 Å². The lowest BCUT2D eigenvalue weighted by molar-refractivity contribution is -0.387. The van der Waals surface area contributed by atoms with Crippen LogP contribution in [0.25, 0.3) is 0 Å². The molecule has 0 aromatic heterocycles. The van der Waals surface area contributed by atoms with Crippen LogP contribution in [0.1, 0.15) is 0 Å². The van der Waals surface area contributed by atoms with Crippen LogP contribution in [-0.2, 0) is 14.8 Å². The summed E-state index contributed by atoms with van der Waals surface area (Å²) in [6.07, 6.45) is 0. The maximum absolute atomic E-state index is 12.3. The molecule has 1 aromatic carbocycles. The minimum atomic E-state index is -4.04. The summed E-state index contributed by atoms with van der Waals surface area (Å²) in [6.45, 7) is -0.0345. The van der Waals surface area contributed by atoms with E-state index in [4.69, 9.17) is 0 Å². The molecule has 1 N–H and O–H groups in total. The number of nitro benzene ring substituents is 1. The number of hydrogen-bond acceptors (Lipinski definition) is 5. The molecule has 1 aromatic rings. The minimum absolute atomic E-state index is 0.0973. The number of nitrogens with zero attached hydrogens (tertiary/aromatic N) is 2. The van der Waals surface area contributed by atoms with Crippen LogP contribution in [0.4, 0.5) is 5.69 Å². The van der Waals surface area contributed by atoms with Crippen molar-refractivity contribution >= 4 is 21.6 Å². The van der Waals surface area contributed by atoms with E-state index in [0.29, 0.717) is 0 Å². The quantitative estimate of drug-likeness (QED) is 0.606. The normalized spacial score (nSPS) is 16.9. The van der Waals surface area contributed by atoms with Gasteiger partial charge in [0.2, 0.25) is 15.9 Å². The molecule has 0 unspecified atom stereocenters. The van der Waals surface area contributed by atoms with Crippen molar-refractivity contribution in [3.63, 3.8) is 0 Å². The Kier molecular flexibility index (Phi) is 3.49. The van der Waals surface area contributed by atoms with Gasteiger partial charge in [0.1, 0.15) is 0 Å². The third kappa shape index (κ3) is 2.56. The summed E-state index contributed by atoms with van der Waals surface area (Å²) >= 11 is 0. The Morgan fingerprint density at radius 1 is 1.32 bits per heavy atom. The van der Waals surface area contributed by atoms with Gasteiger partial charge in [-0.1, -0.05) is 12.1 Å². The fourth-order valence-corrected chi connectivity index (χ4v) is 3.34. The zero-order chi connectivity index (χ0) is 14.0. The summed E-state index contributed by atoms with van der Waals surface area (Å²) in [4.78, 5) is 20.9. The molecule has 1 aliphatic rings. The van der Waals surface area contributed by atoms with E-state index in [-0.39, 0.29) is 19.6 Å². The second-order valence-electron chi connectivity index (χ2n) is 3.91. The first-order valence-corrected chi connectivity index (χ1v) is 6.87. The lowest BCUT2D eigenvalue weighted by atomic mass is 10.3. The van der Waals surface area contributed by atoms with Crippen LogP contribution in [0.5, 0.6) is 0 Å². The monoisotopic (exact) mass is 285 g/mol. The zero-order valence-electron chi connectivity index (χ0n) is 9.77. The molecule has 19 heavy (non-hydrogen) atoms. The Balaban J connectivity index is 2.45. The minimum Gasteiger partial charge on any atom is -0.354 e. The summed E-state index contributed by atoms with van der Waals surface area (Å²) in [6, 6.07) is 5.08. The molecule has 0 radical (unpaired) electrons. The summed E-state index contributed by atoms with van der Waals surface area (Å²) in [7, 11) is -4.04. The summed E-state index contributed by atoms with van der Waals surface area (Å²) in [5.74, 6) is -0.423. The number of piperazine rings is 1. The molecule has 0 atom stereocenters. The molecule has 0 spiro atoms. The second kappa shape index (κ2) is 4.94. The van der Waals surface area contributed by atoms with Crippen LogP contribution in [0, 0.1) is 10.1 Å². The lowest BCUT2D eigenvalue weighted by Gasteiger charge is -2.25. The molecule has 102 valence electrons. The molecule has 8 nitrogen and oxygen atoms in total.